The Morgan fingerprint density at radius 1 is 1.45 bits per heavy atom. The second-order valence-electron chi connectivity index (χ2n) is 4.68. The lowest BCUT2D eigenvalue weighted by Crippen LogP contribution is -2.24. The number of aromatic nitrogens is 1. The van der Waals surface area contributed by atoms with Crippen molar-refractivity contribution in [3.63, 3.8) is 0 Å². The maximum absolute atomic E-state index is 13.9. The summed E-state index contributed by atoms with van der Waals surface area (Å²) in [5.41, 5.74) is 0.331. The lowest BCUT2D eigenvalue weighted by molar-refractivity contribution is 0.0946. The van der Waals surface area contributed by atoms with E-state index in [0.717, 1.165) is 17.7 Å². The number of nitrogens with one attached hydrogen (secondary N) is 1. The summed E-state index contributed by atoms with van der Waals surface area (Å²) in [6.07, 6.45) is 3.57. The predicted molar refractivity (Wildman–Crippen MR) is 79.4 cm³/mol. The van der Waals surface area contributed by atoms with Crippen LogP contribution in [0, 0.1) is 5.82 Å². The van der Waals surface area contributed by atoms with Crippen molar-refractivity contribution in [2.24, 2.45) is 12.2 Å². The van der Waals surface area contributed by atoms with Gasteiger partial charge in [0.25, 0.3) is 5.91 Å². The minimum absolute atomic E-state index is 0.163. The topological polar surface area (TPSA) is 94.2 Å². The molecule has 0 radical (unpaired) electrons. The SMILES string of the molecule is Cn1ccc(CNC(=O)c2cc(S(N)(=O)=O)cc(Cl)c2F)c1. The third-order valence-electron chi connectivity index (χ3n) is 2.92. The maximum atomic E-state index is 13.9. The minimum Gasteiger partial charge on any atom is -0.357 e. The van der Waals surface area contributed by atoms with E-state index in [-0.39, 0.29) is 6.54 Å². The van der Waals surface area contributed by atoms with Crippen molar-refractivity contribution in [3.8, 4) is 0 Å². The van der Waals surface area contributed by atoms with Crippen molar-refractivity contribution >= 4 is 27.5 Å². The summed E-state index contributed by atoms with van der Waals surface area (Å²) >= 11 is 5.61. The number of rotatable bonds is 4. The number of sulfonamides is 1. The largest absolute Gasteiger partial charge is 0.357 e. The standard InChI is InChI=1S/C13H13ClFN3O3S/c1-18-3-2-8(7-18)6-17-13(19)10-4-9(22(16,20)21)5-11(14)12(10)15/h2-5,7H,6H2,1H3,(H,17,19)(H2,16,20,21). The highest BCUT2D eigenvalue weighted by molar-refractivity contribution is 7.89. The highest BCUT2D eigenvalue weighted by Gasteiger charge is 2.20. The van der Waals surface area contributed by atoms with Gasteiger partial charge in [-0.1, -0.05) is 11.6 Å². The third-order valence-corrected chi connectivity index (χ3v) is 4.09. The van der Waals surface area contributed by atoms with E-state index in [0.29, 0.717) is 0 Å². The molecule has 0 unspecified atom stereocenters. The zero-order chi connectivity index (χ0) is 16.5. The molecule has 2 aromatic rings. The van der Waals surface area contributed by atoms with Crippen LogP contribution in [-0.2, 0) is 23.6 Å². The van der Waals surface area contributed by atoms with Gasteiger partial charge in [-0.15, -0.1) is 0 Å². The van der Waals surface area contributed by atoms with E-state index in [1.165, 1.54) is 0 Å². The van der Waals surface area contributed by atoms with Crippen LogP contribution < -0.4 is 10.5 Å². The van der Waals surface area contributed by atoms with Crippen LogP contribution in [0.4, 0.5) is 4.39 Å². The molecule has 0 saturated heterocycles. The summed E-state index contributed by atoms with van der Waals surface area (Å²) in [5.74, 6) is -1.78. The van der Waals surface area contributed by atoms with Crippen molar-refractivity contribution in [2.45, 2.75) is 11.4 Å². The molecule has 0 bridgehead atoms. The lowest BCUT2D eigenvalue weighted by Gasteiger charge is -2.08. The quantitative estimate of drug-likeness (QED) is 0.876. The summed E-state index contributed by atoms with van der Waals surface area (Å²) in [5, 5.41) is 6.97. The van der Waals surface area contributed by atoms with Gasteiger partial charge in [0.05, 0.1) is 15.5 Å². The number of nitrogens with zero attached hydrogens (tertiary/aromatic N) is 1. The van der Waals surface area contributed by atoms with E-state index in [2.05, 4.69) is 5.32 Å². The monoisotopic (exact) mass is 345 g/mol. The maximum Gasteiger partial charge on any atom is 0.254 e. The van der Waals surface area contributed by atoms with Crippen LogP contribution in [-0.4, -0.2) is 18.9 Å². The number of aryl methyl sites for hydroxylation is 1. The van der Waals surface area contributed by atoms with E-state index in [1.54, 1.807) is 23.0 Å². The van der Waals surface area contributed by atoms with Crippen LogP contribution >= 0.6 is 11.6 Å². The first-order valence-electron chi connectivity index (χ1n) is 6.09. The molecule has 0 fully saturated rings. The molecule has 22 heavy (non-hydrogen) atoms. The number of carbonyl (C=O) groups excluding carboxylic acids is 1. The molecule has 0 saturated carbocycles. The van der Waals surface area contributed by atoms with Crippen LogP contribution in [0.2, 0.25) is 5.02 Å². The summed E-state index contributed by atoms with van der Waals surface area (Å²) in [4.78, 5) is 11.6. The molecular formula is C13H13ClFN3O3S. The molecule has 0 aliphatic carbocycles. The van der Waals surface area contributed by atoms with E-state index in [9.17, 15) is 17.6 Å². The van der Waals surface area contributed by atoms with Crippen LogP contribution in [0.15, 0.2) is 35.5 Å². The summed E-state index contributed by atoms with van der Waals surface area (Å²) in [6.45, 7) is 0.163. The first-order valence-corrected chi connectivity index (χ1v) is 8.02. The Kier molecular flexibility index (Phi) is 4.55. The average molecular weight is 346 g/mol. The Morgan fingerprint density at radius 3 is 2.68 bits per heavy atom. The highest BCUT2D eigenvalue weighted by atomic mass is 35.5. The van der Waals surface area contributed by atoms with Gasteiger partial charge in [0, 0.05) is 26.0 Å². The molecule has 9 heteroatoms. The average Bonchev–Trinajstić information content (AvgIpc) is 2.83. The minimum atomic E-state index is -4.10. The highest BCUT2D eigenvalue weighted by Crippen LogP contribution is 2.23. The van der Waals surface area contributed by atoms with E-state index in [1.807, 2.05) is 7.05 Å². The summed E-state index contributed by atoms with van der Waals surface area (Å²) in [6, 6.07) is 3.50. The van der Waals surface area contributed by atoms with E-state index < -0.39 is 37.2 Å². The molecule has 1 aromatic heterocycles. The molecule has 6 nitrogen and oxygen atoms in total. The predicted octanol–water partition coefficient (Wildman–Crippen LogP) is 1.39. The van der Waals surface area contributed by atoms with Crippen molar-refractivity contribution in [1.29, 1.82) is 0 Å². The summed E-state index contributed by atoms with van der Waals surface area (Å²) in [7, 11) is -2.28. The second-order valence-corrected chi connectivity index (χ2v) is 6.65. The molecule has 0 aliphatic heterocycles. The van der Waals surface area contributed by atoms with Gasteiger partial charge in [-0.3, -0.25) is 4.79 Å². The fourth-order valence-corrected chi connectivity index (χ4v) is 2.69. The van der Waals surface area contributed by atoms with Crippen molar-refractivity contribution in [3.05, 3.63) is 52.6 Å². The Labute approximate surface area is 131 Å². The molecular weight excluding hydrogens is 333 g/mol. The number of nitrogens with two attached hydrogens (primary N) is 1. The number of hydrogen-bond acceptors (Lipinski definition) is 3. The lowest BCUT2D eigenvalue weighted by atomic mass is 10.2. The molecule has 118 valence electrons. The van der Waals surface area contributed by atoms with Gasteiger partial charge in [-0.25, -0.2) is 17.9 Å². The number of amides is 1. The third kappa shape index (κ3) is 3.65. The molecule has 0 atom stereocenters. The molecule has 1 heterocycles. The Morgan fingerprint density at radius 2 is 2.14 bits per heavy atom. The number of carbonyl (C=O) groups is 1. The van der Waals surface area contributed by atoms with Gasteiger partial charge in [0.1, 0.15) is 0 Å². The van der Waals surface area contributed by atoms with Gasteiger partial charge in [-0.05, 0) is 23.8 Å². The van der Waals surface area contributed by atoms with E-state index in [4.69, 9.17) is 16.7 Å². The summed E-state index contributed by atoms with van der Waals surface area (Å²) < 4.78 is 38.3. The fourth-order valence-electron chi connectivity index (χ4n) is 1.84. The van der Waals surface area contributed by atoms with Crippen LogP contribution in [0.3, 0.4) is 0 Å². The smallest absolute Gasteiger partial charge is 0.254 e. The van der Waals surface area contributed by atoms with Gasteiger partial charge in [-0.2, -0.15) is 0 Å². The van der Waals surface area contributed by atoms with Crippen LogP contribution in [0.5, 0.6) is 0 Å². The number of primary sulfonamides is 1. The molecule has 1 amide bonds. The first kappa shape index (κ1) is 16.5. The van der Waals surface area contributed by atoms with Gasteiger partial charge >= 0.3 is 0 Å². The first-order chi connectivity index (χ1) is 10.2. The second kappa shape index (κ2) is 6.07. The molecule has 3 N–H and O–H groups in total. The zero-order valence-electron chi connectivity index (χ0n) is 11.5. The van der Waals surface area contributed by atoms with Crippen molar-refractivity contribution in [1.82, 2.24) is 9.88 Å². The molecule has 1 aromatic carbocycles. The zero-order valence-corrected chi connectivity index (χ0v) is 13.1. The molecule has 2 rings (SSSR count). The van der Waals surface area contributed by atoms with Crippen molar-refractivity contribution in [2.75, 3.05) is 0 Å². The Bertz CT molecular complexity index is 833. The van der Waals surface area contributed by atoms with Gasteiger partial charge in [0.15, 0.2) is 5.82 Å². The fraction of sp³-hybridized carbons (Fsp3) is 0.154. The van der Waals surface area contributed by atoms with Crippen LogP contribution in [0.25, 0.3) is 0 Å². The number of benzene rings is 1. The normalized spacial score (nSPS) is 11.5. The Hall–Kier alpha value is -1.90. The van der Waals surface area contributed by atoms with Crippen LogP contribution in [0.1, 0.15) is 15.9 Å². The molecule has 0 spiro atoms. The molecule has 0 aliphatic rings. The van der Waals surface area contributed by atoms with E-state index >= 15 is 0 Å². The van der Waals surface area contributed by atoms with Gasteiger partial charge in [0.2, 0.25) is 10.0 Å². The van der Waals surface area contributed by atoms with Gasteiger partial charge < -0.3 is 9.88 Å². The van der Waals surface area contributed by atoms with Crippen molar-refractivity contribution < 1.29 is 17.6 Å². The number of hydrogen-bond donors (Lipinski definition) is 2. The number of halogens is 2. The Balaban J connectivity index is 2.27.